The van der Waals surface area contributed by atoms with Crippen LogP contribution in [-0.2, 0) is 0 Å². The van der Waals surface area contributed by atoms with Gasteiger partial charge < -0.3 is 5.23 Å². The zero-order valence-electron chi connectivity index (χ0n) is 8.40. The zero-order chi connectivity index (χ0) is 9.80. The van der Waals surface area contributed by atoms with E-state index in [1.54, 1.807) is 0 Å². The van der Waals surface area contributed by atoms with Crippen LogP contribution in [0.2, 0.25) is 6.32 Å². The molecule has 1 heterocycles. The van der Waals surface area contributed by atoms with E-state index < -0.39 is 0 Å². The van der Waals surface area contributed by atoms with Gasteiger partial charge in [0, 0.05) is 5.69 Å². The number of benzene rings is 1. The Kier molecular flexibility index (Phi) is 2.73. The van der Waals surface area contributed by atoms with Crippen LogP contribution in [0.4, 0.5) is 5.69 Å². The van der Waals surface area contributed by atoms with Gasteiger partial charge in [-0.15, -0.1) is 0 Å². The topological polar surface area (TPSA) is 12.0 Å². The van der Waals surface area contributed by atoms with Gasteiger partial charge in [-0.25, -0.2) is 0 Å². The normalized spacial score (nSPS) is 14.2. The molecule has 0 saturated heterocycles. The van der Waals surface area contributed by atoms with E-state index in [9.17, 15) is 0 Å². The minimum Gasteiger partial charge on any atom is -0.424 e. The molecule has 1 aromatic carbocycles. The summed E-state index contributed by atoms with van der Waals surface area (Å²) in [6, 6.07) is 8.39. The Morgan fingerprint density at radius 2 is 2.21 bits per heavy atom. The lowest BCUT2D eigenvalue weighted by Gasteiger charge is -2.18. The minimum atomic E-state index is 0.445. The van der Waals surface area contributed by atoms with E-state index in [0.717, 1.165) is 6.32 Å². The lowest BCUT2D eigenvalue weighted by molar-refractivity contribution is 1.52. The first-order chi connectivity index (χ1) is 6.90. The van der Waals surface area contributed by atoms with Crippen molar-refractivity contribution in [1.29, 1.82) is 0 Å². The Hall–Kier alpha value is -1.44. The molecule has 1 aliphatic rings. The summed E-state index contributed by atoms with van der Waals surface area (Å²) in [7, 11) is 0. The number of allylic oxidation sites excluding steroid dienone is 2. The third-order valence-corrected chi connectivity index (χ3v) is 2.44. The average Bonchev–Trinajstić information content (AvgIpc) is 2.26. The zero-order valence-corrected chi connectivity index (χ0v) is 8.40. The van der Waals surface area contributed by atoms with E-state index in [4.69, 9.17) is 0 Å². The van der Waals surface area contributed by atoms with Gasteiger partial charge in [0.2, 0.25) is 0 Å². The van der Waals surface area contributed by atoms with Crippen molar-refractivity contribution >= 4 is 18.6 Å². The predicted molar refractivity (Wildman–Crippen MR) is 64.5 cm³/mol. The Balaban J connectivity index is 2.13. The predicted octanol–water partition coefficient (Wildman–Crippen LogP) is 3.23. The molecule has 0 radical (unpaired) electrons. The largest absolute Gasteiger partial charge is 0.424 e. The second-order valence-corrected chi connectivity index (χ2v) is 3.50. The fraction of sp³-hybridized carbons (Fsp3) is 0.167. The van der Waals surface area contributed by atoms with Crippen LogP contribution in [0.25, 0.3) is 6.08 Å². The molecule has 0 fully saturated rings. The van der Waals surface area contributed by atoms with Crippen molar-refractivity contribution in [3.8, 4) is 0 Å². The van der Waals surface area contributed by atoms with E-state index in [0.29, 0.717) is 6.85 Å². The lowest BCUT2D eigenvalue weighted by atomic mass is 9.57. The first-order valence-electron chi connectivity index (χ1n) is 5.05. The molecule has 14 heavy (non-hydrogen) atoms. The quantitative estimate of drug-likeness (QED) is 0.548. The van der Waals surface area contributed by atoms with E-state index in [-0.39, 0.29) is 0 Å². The van der Waals surface area contributed by atoms with Gasteiger partial charge in [-0.05, 0) is 24.9 Å². The van der Waals surface area contributed by atoms with Gasteiger partial charge in [0.1, 0.15) is 0 Å². The number of rotatable bonds is 2. The van der Waals surface area contributed by atoms with Crippen LogP contribution in [-0.4, -0.2) is 6.85 Å². The number of hydrogen-bond acceptors (Lipinski definition) is 1. The van der Waals surface area contributed by atoms with Gasteiger partial charge in [0.25, 0.3) is 6.85 Å². The van der Waals surface area contributed by atoms with Gasteiger partial charge in [-0.3, -0.25) is 0 Å². The standard InChI is InChI=1S/C12H14BN/c1-2-3-9-13-10-8-11-6-4-5-7-12(11)14-13/h2-8,10,14H,9H2,1H3/b3-2+. The molecule has 2 rings (SSSR count). The summed E-state index contributed by atoms with van der Waals surface area (Å²) in [5.41, 5.74) is 2.52. The molecule has 0 saturated carbocycles. The van der Waals surface area contributed by atoms with Crippen molar-refractivity contribution in [1.82, 2.24) is 0 Å². The van der Waals surface area contributed by atoms with Gasteiger partial charge in [0.05, 0.1) is 0 Å². The van der Waals surface area contributed by atoms with E-state index in [2.05, 4.69) is 60.6 Å². The SMILES string of the molecule is C/C=C/CB1C=Cc2ccccc2N1. The van der Waals surface area contributed by atoms with Crippen molar-refractivity contribution in [2.45, 2.75) is 13.2 Å². The van der Waals surface area contributed by atoms with Gasteiger partial charge in [-0.2, -0.15) is 0 Å². The Bertz CT molecular complexity index is 368. The fourth-order valence-electron chi connectivity index (χ4n) is 1.66. The summed E-state index contributed by atoms with van der Waals surface area (Å²) in [6.45, 7) is 2.50. The number of fused-ring (bicyclic) bond motifs is 1. The number of nitrogens with one attached hydrogen (secondary N) is 1. The van der Waals surface area contributed by atoms with Crippen molar-refractivity contribution in [2.75, 3.05) is 5.23 Å². The van der Waals surface area contributed by atoms with E-state index >= 15 is 0 Å². The number of para-hydroxylation sites is 1. The smallest absolute Gasteiger partial charge is 0.282 e. The maximum Gasteiger partial charge on any atom is 0.282 e. The third kappa shape index (κ3) is 1.90. The molecule has 0 bridgehead atoms. The molecule has 0 spiro atoms. The molecule has 0 amide bonds. The maximum atomic E-state index is 3.49. The first kappa shape index (κ1) is 9.13. The Morgan fingerprint density at radius 3 is 3.07 bits per heavy atom. The molecule has 0 unspecified atom stereocenters. The van der Waals surface area contributed by atoms with Gasteiger partial charge in [-0.1, -0.05) is 42.4 Å². The van der Waals surface area contributed by atoms with Crippen LogP contribution < -0.4 is 5.23 Å². The van der Waals surface area contributed by atoms with Crippen molar-refractivity contribution < 1.29 is 0 Å². The van der Waals surface area contributed by atoms with Crippen LogP contribution in [0, 0.1) is 0 Å². The highest BCUT2D eigenvalue weighted by molar-refractivity contribution is 6.69. The summed E-state index contributed by atoms with van der Waals surface area (Å²) in [5.74, 6) is 2.22. The molecule has 2 heteroatoms. The highest BCUT2D eigenvalue weighted by Crippen LogP contribution is 2.22. The van der Waals surface area contributed by atoms with Gasteiger partial charge >= 0.3 is 0 Å². The molecule has 0 aromatic heterocycles. The van der Waals surface area contributed by atoms with Crippen LogP contribution >= 0.6 is 0 Å². The first-order valence-corrected chi connectivity index (χ1v) is 5.05. The Morgan fingerprint density at radius 1 is 1.36 bits per heavy atom. The third-order valence-electron chi connectivity index (χ3n) is 2.44. The van der Waals surface area contributed by atoms with E-state index in [1.165, 1.54) is 11.3 Å². The second kappa shape index (κ2) is 4.18. The lowest BCUT2D eigenvalue weighted by Crippen LogP contribution is -2.24. The fourth-order valence-corrected chi connectivity index (χ4v) is 1.66. The molecule has 1 nitrogen and oxygen atoms in total. The minimum absolute atomic E-state index is 0.445. The Labute approximate surface area is 85.6 Å². The van der Waals surface area contributed by atoms with Crippen molar-refractivity contribution in [2.24, 2.45) is 0 Å². The summed E-state index contributed by atoms with van der Waals surface area (Å²) in [4.78, 5) is 0. The maximum absolute atomic E-state index is 3.49. The van der Waals surface area contributed by atoms with Crippen LogP contribution in [0.5, 0.6) is 0 Å². The monoisotopic (exact) mass is 183 g/mol. The summed E-state index contributed by atoms with van der Waals surface area (Å²) >= 11 is 0. The summed E-state index contributed by atoms with van der Waals surface area (Å²) in [6.07, 6.45) is 7.54. The molecular formula is C12H14BN. The van der Waals surface area contributed by atoms with Gasteiger partial charge in [0.15, 0.2) is 0 Å². The average molecular weight is 183 g/mol. The summed E-state index contributed by atoms with van der Waals surface area (Å²) in [5, 5.41) is 3.49. The highest BCUT2D eigenvalue weighted by atomic mass is 14.8. The second-order valence-electron chi connectivity index (χ2n) is 3.50. The van der Waals surface area contributed by atoms with E-state index in [1.807, 2.05) is 0 Å². The van der Waals surface area contributed by atoms with Crippen molar-refractivity contribution in [3.63, 3.8) is 0 Å². The van der Waals surface area contributed by atoms with Crippen LogP contribution in [0.3, 0.4) is 0 Å². The molecular weight excluding hydrogens is 169 g/mol. The van der Waals surface area contributed by atoms with Crippen LogP contribution in [0.15, 0.2) is 42.4 Å². The molecule has 1 aliphatic heterocycles. The van der Waals surface area contributed by atoms with Crippen LogP contribution in [0.1, 0.15) is 12.5 Å². The molecule has 0 atom stereocenters. The molecule has 70 valence electrons. The molecule has 0 aliphatic carbocycles. The van der Waals surface area contributed by atoms with Crippen molar-refractivity contribution in [3.05, 3.63) is 48.0 Å². The number of hydrogen-bond donors (Lipinski definition) is 1. The number of anilines is 1. The summed E-state index contributed by atoms with van der Waals surface area (Å²) < 4.78 is 0. The molecule has 1 N–H and O–H groups in total. The highest BCUT2D eigenvalue weighted by Gasteiger charge is 2.14. The molecule has 1 aromatic rings.